The number of nitrogens with zero attached hydrogens (tertiary/aromatic N) is 3. The summed E-state index contributed by atoms with van der Waals surface area (Å²) in [6, 6.07) is 2.62. The maximum absolute atomic E-state index is 4.54. The van der Waals surface area contributed by atoms with Crippen LogP contribution in [0.5, 0.6) is 0 Å². The molecule has 0 aliphatic heterocycles. The van der Waals surface area contributed by atoms with Crippen LogP contribution in [0.4, 0.5) is 5.82 Å². The predicted molar refractivity (Wildman–Crippen MR) is 74.9 cm³/mol. The number of rotatable bonds is 2. The van der Waals surface area contributed by atoms with Gasteiger partial charge in [-0.15, -0.1) is 0 Å². The second-order valence-electron chi connectivity index (χ2n) is 4.89. The van der Waals surface area contributed by atoms with Crippen LogP contribution in [0.1, 0.15) is 37.2 Å². The quantitative estimate of drug-likeness (QED) is 0.785. The summed E-state index contributed by atoms with van der Waals surface area (Å²) < 4.78 is 0. The Hall–Kier alpha value is -0.640. The van der Waals surface area contributed by atoms with Crippen molar-refractivity contribution in [3.63, 3.8) is 0 Å². The summed E-state index contributed by atoms with van der Waals surface area (Å²) in [5.41, 5.74) is 1.04. The van der Waals surface area contributed by atoms with Crippen molar-refractivity contribution in [3.05, 3.63) is 17.6 Å². The second kappa shape index (κ2) is 5.34. The number of anilines is 1. The van der Waals surface area contributed by atoms with Gasteiger partial charge in [-0.05, 0) is 26.7 Å². The van der Waals surface area contributed by atoms with E-state index in [1.165, 1.54) is 25.7 Å². The SMILES string of the molecule is Cc1cc(N(C)C2CCCCC2Br)nc(C)n1. The molecule has 1 aromatic rings. The van der Waals surface area contributed by atoms with Gasteiger partial charge < -0.3 is 4.90 Å². The van der Waals surface area contributed by atoms with Gasteiger partial charge in [0.05, 0.1) is 0 Å². The molecule has 3 nitrogen and oxygen atoms in total. The number of hydrogen-bond donors (Lipinski definition) is 0. The first-order chi connectivity index (χ1) is 8.08. The molecule has 4 heteroatoms. The average molecular weight is 298 g/mol. The van der Waals surface area contributed by atoms with E-state index in [0.29, 0.717) is 10.9 Å². The summed E-state index contributed by atoms with van der Waals surface area (Å²) in [5.74, 6) is 1.90. The van der Waals surface area contributed by atoms with Crippen molar-refractivity contribution in [1.82, 2.24) is 9.97 Å². The zero-order valence-corrected chi connectivity index (χ0v) is 12.4. The molecule has 1 fully saturated rings. The van der Waals surface area contributed by atoms with Crippen molar-refractivity contribution in [2.45, 2.75) is 50.4 Å². The van der Waals surface area contributed by atoms with Gasteiger partial charge in [0.1, 0.15) is 11.6 Å². The molecule has 0 radical (unpaired) electrons. The normalized spacial score (nSPS) is 24.7. The van der Waals surface area contributed by atoms with Crippen molar-refractivity contribution in [2.75, 3.05) is 11.9 Å². The fourth-order valence-electron chi connectivity index (χ4n) is 2.55. The van der Waals surface area contributed by atoms with Gasteiger partial charge in [-0.1, -0.05) is 28.8 Å². The minimum Gasteiger partial charge on any atom is -0.355 e. The summed E-state index contributed by atoms with van der Waals surface area (Å²) >= 11 is 3.80. The van der Waals surface area contributed by atoms with Crippen LogP contribution in [-0.4, -0.2) is 27.9 Å². The van der Waals surface area contributed by atoms with E-state index < -0.39 is 0 Å². The predicted octanol–water partition coefficient (Wildman–Crippen LogP) is 3.24. The molecule has 1 saturated carbocycles. The van der Waals surface area contributed by atoms with Crippen LogP contribution < -0.4 is 4.90 Å². The van der Waals surface area contributed by atoms with Gasteiger partial charge in [0.25, 0.3) is 0 Å². The minimum absolute atomic E-state index is 0.553. The smallest absolute Gasteiger partial charge is 0.132 e. The van der Waals surface area contributed by atoms with Crippen molar-refractivity contribution >= 4 is 21.7 Å². The van der Waals surface area contributed by atoms with Gasteiger partial charge in [0.2, 0.25) is 0 Å². The lowest BCUT2D eigenvalue weighted by Gasteiger charge is -2.36. The summed E-state index contributed by atoms with van der Waals surface area (Å²) in [4.78, 5) is 11.8. The van der Waals surface area contributed by atoms with E-state index in [9.17, 15) is 0 Å². The minimum atomic E-state index is 0.553. The number of alkyl halides is 1. The summed E-state index contributed by atoms with van der Waals surface area (Å²) in [7, 11) is 2.14. The molecule has 2 atom stereocenters. The number of aryl methyl sites for hydroxylation is 2. The van der Waals surface area contributed by atoms with E-state index in [-0.39, 0.29) is 0 Å². The van der Waals surface area contributed by atoms with Crippen LogP contribution in [-0.2, 0) is 0 Å². The number of hydrogen-bond acceptors (Lipinski definition) is 3. The maximum Gasteiger partial charge on any atom is 0.132 e. The maximum atomic E-state index is 4.54. The van der Waals surface area contributed by atoms with Crippen molar-refractivity contribution in [1.29, 1.82) is 0 Å². The van der Waals surface area contributed by atoms with Gasteiger partial charge in [-0.25, -0.2) is 9.97 Å². The van der Waals surface area contributed by atoms with Crippen LogP contribution in [0.25, 0.3) is 0 Å². The van der Waals surface area contributed by atoms with Crippen molar-refractivity contribution in [3.8, 4) is 0 Å². The highest BCUT2D eigenvalue weighted by Crippen LogP contribution is 2.30. The fraction of sp³-hybridized carbons (Fsp3) is 0.692. The first kappa shape index (κ1) is 12.8. The monoisotopic (exact) mass is 297 g/mol. The van der Waals surface area contributed by atoms with Crippen LogP contribution >= 0.6 is 15.9 Å². The molecule has 0 aromatic carbocycles. The first-order valence-corrected chi connectivity index (χ1v) is 7.18. The van der Waals surface area contributed by atoms with Crippen molar-refractivity contribution < 1.29 is 0 Å². The third kappa shape index (κ3) is 2.97. The van der Waals surface area contributed by atoms with Crippen molar-refractivity contribution in [2.24, 2.45) is 0 Å². The standard InChI is InChI=1S/C13H20BrN3/c1-9-8-13(16-10(2)15-9)17(3)12-7-5-4-6-11(12)14/h8,11-12H,4-7H2,1-3H3. The van der Waals surface area contributed by atoms with E-state index in [1.807, 2.05) is 13.8 Å². The second-order valence-corrected chi connectivity index (χ2v) is 6.07. The Morgan fingerprint density at radius 2 is 1.94 bits per heavy atom. The molecule has 0 amide bonds. The molecule has 0 spiro atoms. The van der Waals surface area contributed by atoms with Gasteiger partial charge in [-0.2, -0.15) is 0 Å². The van der Waals surface area contributed by atoms with Crippen LogP contribution in [0, 0.1) is 13.8 Å². The molecular formula is C13H20BrN3. The Balaban J connectivity index is 2.20. The Kier molecular flexibility index (Phi) is 4.02. The van der Waals surface area contributed by atoms with E-state index in [2.05, 4.69) is 43.9 Å². The van der Waals surface area contributed by atoms with Crippen LogP contribution in [0.3, 0.4) is 0 Å². The van der Waals surface area contributed by atoms with Crippen LogP contribution in [0.15, 0.2) is 6.07 Å². The summed E-state index contributed by atoms with van der Waals surface area (Å²) in [5, 5.41) is 0. The van der Waals surface area contributed by atoms with E-state index in [0.717, 1.165) is 17.3 Å². The van der Waals surface area contributed by atoms with Gasteiger partial charge in [0, 0.05) is 29.7 Å². The lowest BCUT2D eigenvalue weighted by atomic mass is 9.94. The third-order valence-electron chi connectivity index (χ3n) is 3.46. The number of halogens is 1. The zero-order valence-electron chi connectivity index (χ0n) is 10.8. The van der Waals surface area contributed by atoms with Gasteiger partial charge in [-0.3, -0.25) is 0 Å². The topological polar surface area (TPSA) is 29.0 Å². The number of aromatic nitrogens is 2. The molecule has 0 N–H and O–H groups in total. The Bertz CT molecular complexity index is 374. The summed E-state index contributed by atoms with van der Waals surface area (Å²) in [6.07, 6.45) is 5.16. The Labute approximate surface area is 112 Å². The van der Waals surface area contributed by atoms with E-state index in [1.54, 1.807) is 0 Å². The molecular weight excluding hydrogens is 278 g/mol. The molecule has 1 heterocycles. The summed E-state index contributed by atoms with van der Waals surface area (Å²) in [6.45, 7) is 3.98. The molecule has 1 aromatic heterocycles. The Morgan fingerprint density at radius 3 is 2.59 bits per heavy atom. The molecule has 1 aliphatic rings. The molecule has 0 saturated heterocycles. The first-order valence-electron chi connectivity index (χ1n) is 6.27. The molecule has 0 bridgehead atoms. The molecule has 94 valence electrons. The fourth-order valence-corrected chi connectivity index (χ4v) is 3.49. The third-order valence-corrected chi connectivity index (χ3v) is 4.53. The van der Waals surface area contributed by atoms with Crippen LogP contribution in [0.2, 0.25) is 0 Å². The molecule has 17 heavy (non-hydrogen) atoms. The zero-order chi connectivity index (χ0) is 12.4. The highest BCUT2D eigenvalue weighted by molar-refractivity contribution is 9.09. The Morgan fingerprint density at radius 1 is 1.24 bits per heavy atom. The van der Waals surface area contributed by atoms with E-state index >= 15 is 0 Å². The van der Waals surface area contributed by atoms with Gasteiger partial charge in [0.15, 0.2) is 0 Å². The van der Waals surface area contributed by atoms with Gasteiger partial charge >= 0.3 is 0 Å². The lowest BCUT2D eigenvalue weighted by Crippen LogP contribution is -2.41. The lowest BCUT2D eigenvalue weighted by molar-refractivity contribution is 0.442. The van der Waals surface area contributed by atoms with E-state index in [4.69, 9.17) is 0 Å². The highest BCUT2D eigenvalue weighted by Gasteiger charge is 2.27. The highest BCUT2D eigenvalue weighted by atomic mass is 79.9. The molecule has 2 unspecified atom stereocenters. The molecule has 1 aliphatic carbocycles. The average Bonchev–Trinajstić information content (AvgIpc) is 2.27. The molecule has 2 rings (SSSR count). The largest absolute Gasteiger partial charge is 0.355 e.